The summed E-state index contributed by atoms with van der Waals surface area (Å²) in [6, 6.07) is 8.13. The van der Waals surface area contributed by atoms with Crippen molar-refractivity contribution in [2.24, 2.45) is 5.41 Å². The van der Waals surface area contributed by atoms with E-state index in [0.29, 0.717) is 24.3 Å². The van der Waals surface area contributed by atoms with Crippen molar-refractivity contribution in [2.45, 2.75) is 46.6 Å². The molecule has 1 amide bonds. The molecule has 0 spiro atoms. The molecule has 0 unspecified atom stereocenters. The van der Waals surface area contributed by atoms with E-state index < -0.39 is 6.09 Å². The monoisotopic (exact) mass is 513 g/mol. The Labute approximate surface area is 220 Å². The Morgan fingerprint density at radius 3 is 2.89 bits per heavy atom. The van der Waals surface area contributed by atoms with Crippen LogP contribution in [0.5, 0.6) is 5.75 Å². The fourth-order valence-corrected chi connectivity index (χ4v) is 5.43. The van der Waals surface area contributed by atoms with Crippen molar-refractivity contribution in [3.63, 3.8) is 0 Å². The Morgan fingerprint density at radius 1 is 1.21 bits per heavy atom. The highest BCUT2D eigenvalue weighted by Crippen LogP contribution is 2.39. The molecule has 10 nitrogen and oxygen atoms in total. The molecule has 2 N–H and O–H groups in total. The summed E-state index contributed by atoms with van der Waals surface area (Å²) in [7, 11) is 0. The Kier molecular flexibility index (Phi) is 5.89. The Hall–Kier alpha value is -4.21. The number of amides is 1. The summed E-state index contributed by atoms with van der Waals surface area (Å²) in [5, 5.41) is 9.44. The zero-order valence-electron chi connectivity index (χ0n) is 21.9. The molecular formula is C28H31N7O3. The summed E-state index contributed by atoms with van der Waals surface area (Å²) in [4.78, 5) is 36.3. The van der Waals surface area contributed by atoms with E-state index >= 15 is 0 Å². The lowest BCUT2D eigenvalue weighted by Crippen LogP contribution is -2.31. The van der Waals surface area contributed by atoms with Gasteiger partial charge in [0.15, 0.2) is 5.65 Å². The number of anilines is 2. The van der Waals surface area contributed by atoms with Gasteiger partial charge in [0.1, 0.15) is 24.5 Å². The van der Waals surface area contributed by atoms with Gasteiger partial charge in [0.05, 0.1) is 12.1 Å². The number of imidazole rings is 1. The number of aryl methyl sites for hydroxylation is 1. The van der Waals surface area contributed by atoms with E-state index in [4.69, 9.17) is 9.72 Å². The third kappa shape index (κ3) is 4.40. The Morgan fingerprint density at radius 2 is 2.08 bits per heavy atom. The van der Waals surface area contributed by atoms with Crippen LogP contribution in [0.3, 0.4) is 0 Å². The standard InChI is InChI=1S/C28H31N7O3/c1-4-35(27(36)37)26-32-22-12-18(14-29-24(22)33-26)17-5-6-23-19(11-17)15-34(9-10-38-23)25-20-13-28(2,3)8-7-21(20)30-16-31-25/h5-6,11-12,14,16H,4,7-10,13,15H2,1-3H3,(H,36,37)(H,29,32,33). The van der Waals surface area contributed by atoms with Crippen LogP contribution in [0.1, 0.15) is 44.0 Å². The highest BCUT2D eigenvalue weighted by atomic mass is 16.5. The van der Waals surface area contributed by atoms with E-state index in [0.717, 1.165) is 64.7 Å². The number of carbonyl (C=O) groups is 1. The SMILES string of the molecule is CCN(C(=O)O)c1nc2ncc(-c3ccc4c(c3)CN(c3ncnc5c3CC(C)(C)CC5)CCO4)cc2[nH]1. The number of nitrogens with one attached hydrogen (secondary N) is 1. The number of ether oxygens (including phenoxy) is 1. The van der Waals surface area contributed by atoms with Crippen LogP contribution in [0, 0.1) is 5.41 Å². The minimum Gasteiger partial charge on any atom is -0.491 e. The van der Waals surface area contributed by atoms with Gasteiger partial charge in [0, 0.05) is 41.7 Å². The first-order valence-corrected chi connectivity index (χ1v) is 13.0. The normalized spacial score (nSPS) is 16.3. The molecule has 2 aliphatic rings. The van der Waals surface area contributed by atoms with E-state index in [1.807, 2.05) is 18.2 Å². The number of H-pyrrole nitrogens is 1. The lowest BCUT2D eigenvalue weighted by atomic mass is 9.76. The zero-order chi connectivity index (χ0) is 26.4. The predicted molar refractivity (Wildman–Crippen MR) is 145 cm³/mol. The van der Waals surface area contributed by atoms with Gasteiger partial charge in [0.25, 0.3) is 0 Å². The molecule has 0 fully saturated rings. The molecule has 0 saturated carbocycles. The van der Waals surface area contributed by atoms with Crippen molar-refractivity contribution in [2.75, 3.05) is 29.5 Å². The van der Waals surface area contributed by atoms with Crippen LogP contribution in [0.15, 0.2) is 36.8 Å². The number of hydrogen-bond donors (Lipinski definition) is 2. The van der Waals surface area contributed by atoms with E-state index in [-0.39, 0.29) is 17.9 Å². The quantitative estimate of drug-likeness (QED) is 0.398. The first-order chi connectivity index (χ1) is 18.3. The van der Waals surface area contributed by atoms with Crippen molar-refractivity contribution in [1.82, 2.24) is 24.9 Å². The number of carboxylic acid groups (broad SMARTS) is 1. The molecule has 1 aliphatic heterocycles. The van der Waals surface area contributed by atoms with E-state index in [1.54, 1.807) is 19.4 Å². The lowest BCUT2D eigenvalue weighted by molar-refractivity contribution is 0.202. The van der Waals surface area contributed by atoms with E-state index in [2.05, 4.69) is 44.7 Å². The maximum absolute atomic E-state index is 11.5. The minimum absolute atomic E-state index is 0.233. The van der Waals surface area contributed by atoms with Crippen molar-refractivity contribution in [3.05, 3.63) is 53.6 Å². The molecule has 38 heavy (non-hydrogen) atoms. The molecule has 1 aliphatic carbocycles. The van der Waals surface area contributed by atoms with Gasteiger partial charge in [-0.05, 0) is 55.4 Å². The summed E-state index contributed by atoms with van der Waals surface area (Å²) in [6.07, 6.45) is 5.49. The number of nitrogens with zero attached hydrogens (tertiary/aromatic N) is 6. The summed E-state index contributed by atoms with van der Waals surface area (Å²) in [5.41, 5.74) is 6.80. The van der Waals surface area contributed by atoms with Crippen molar-refractivity contribution in [1.29, 1.82) is 0 Å². The molecule has 0 atom stereocenters. The fraction of sp³-hybridized carbons (Fsp3) is 0.393. The molecule has 3 aromatic heterocycles. The highest BCUT2D eigenvalue weighted by Gasteiger charge is 2.30. The number of benzene rings is 1. The Bertz CT molecular complexity index is 1530. The van der Waals surface area contributed by atoms with Gasteiger partial charge in [-0.2, -0.15) is 4.98 Å². The number of fused-ring (bicyclic) bond motifs is 3. The molecule has 0 bridgehead atoms. The molecule has 0 saturated heterocycles. The summed E-state index contributed by atoms with van der Waals surface area (Å²) in [6.45, 7) is 8.69. The number of hydrogen-bond acceptors (Lipinski definition) is 7. The first kappa shape index (κ1) is 24.1. The number of rotatable bonds is 4. The second kappa shape index (κ2) is 9.27. The van der Waals surface area contributed by atoms with Crippen LogP contribution in [-0.4, -0.2) is 55.8 Å². The average Bonchev–Trinajstić information content (AvgIpc) is 3.18. The third-order valence-electron chi connectivity index (χ3n) is 7.51. The molecule has 0 radical (unpaired) electrons. The summed E-state index contributed by atoms with van der Waals surface area (Å²) < 4.78 is 6.13. The molecule has 4 aromatic rings. The van der Waals surface area contributed by atoms with Gasteiger partial charge >= 0.3 is 6.09 Å². The number of aromatic amines is 1. The van der Waals surface area contributed by atoms with Gasteiger partial charge in [-0.15, -0.1) is 0 Å². The first-order valence-electron chi connectivity index (χ1n) is 13.0. The number of pyridine rings is 1. The van der Waals surface area contributed by atoms with Crippen LogP contribution in [0.4, 0.5) is 16.6 Å². The molecule has 6 rings (SSSR count). The van der Waals surface area contributed by atoms with Crippen LogP contribution >= 0.6 is 0 Å². The van der Waals surface area contributed by atoms with Gasteiger partial charge in [-0.3, -0.25) is 0 Å². The van der Waals surface area contributed by atoms with E-state index in [1.165, 1.54) is 5.56 Å². The second-order valence-electron chi connectivity index (χ2n) is 10.7. The van der Waals surface area contributed by atoms with Gasteiger partial charge in [0.2, 0.25) is 5.95 Å². The second-order valence-corrected chi connectivity index (χ2v) is 10.7. The Balaban J connectivity index is 1.32. The van der Waals surface area contributed by atoms with Crippen molar-refractivity contribution < 1.29 is 14.6 Å². The zero-order valence-corrected chi connectivity index (χ0v) is 21.9. The van der Waals surface area contributed by atoms with Crippen LogP contribution in [0.25, 0.3) is 22.3 Å². The fourth-order valence-electron chi connectivity index (χ4n) is 5.43. The van der Waals surface area contributed by atoms with Crippen molar-refractivity contribution in [3.8, 4) is 16.9 Å². The van der Waals surface area contributed by atoms with Crippen LogP contribution in [0.2, 0.25) is 0 Å². The molecule has 4 heterocycles. The molecule has 196 valence electrons. The smallest absolute Gasteiger partial charge is 0.414 e. The number of aromatic nitrogens is 5. The van der Waals surface area contributed by atoms with E-state index in [9.17, 15) is 9.90 Å². The van der Waals surface area contributed by atoms with Gasteiger partial charge in [-0.25, -0.2) is 24.6 Å². The predicted octanol–water partition coefficient (Wildman–Crippen LogP) is 4.83. The molecule has 1 aromatic carbocycles. The summed E-state index contributed by atoms with van der Waals surface area (Å²) in [5.74, 6) is 2.15. The maximum Gasteiger partial charge on any atom is 0.414 e. The van der Waals surface area contributed by atoms with Crippen LogP contribution in [-0.2, 0) is 19.4 Å². The highest BCUT2D eigenvalue weighted by molar-refractivity contribution is 5.87. The average molecular weight is 514 g/mol. The third-order valence-corrected chi connectivity index (χ3v) is 7.51. The maximum atomic E-state index is 11.5. The molecular weight excluding hydrogens is 482 g/mol. The topological polar surface area (TPSA) is 120 Å². The molecule has 10 heteroatoms. The van der Waals surface area contributed by atoms with Gasteiger partial charge in [-0.1, -0.05) is 19.9 Å². The van der Waals surface area contributed by atoms with Crippen molar-refractivity contribution >= 4 is 29.0 Å². The summed E-state index contributed by atoms with van der Waals surface area (Å²) >= 11 is 0. The minimum atomic E-state index is -1.06. The lowest BCUT2D eigenvalue weighted by Gasteiger charge is -2.33. The van der Waals surface area contributed by atoms with Gasteiger partial charge < -0.3 is 19.7 Å². The largest absolute Gasteiger partial charge is 0.491 e. The van der Waals surface area contributed by atoms with Crippen LogP contribution < -0.4 is 14.5 Å².